The number of rotatable bonds is 3. The molecule has 0 amide bonds. The summed E-state index contributed by atoms with van der Waals surface area (Å²) < 4.78 is 13.8. The van der Waals surface area contributed by atoms with Crippen molar-refractivity contribution < 1.29 is 4.39 Å². The first-order valence-electron chi connectivity index (χ1n) is 9.29. The third kappa shape index (κ3) is 3.23. The average Bonchev–Trinajstić information content (AvgIpc) is 3.07. The minimum atomic E-state index is -0.334. The van der Waals surface area contributed by atoms with Crippen LogP contribution in [-0.2, 0) is 0 Å². The molecular formula is C21H23ClFN3. The van der Waals surface area contributed by atoms with Gasteiger partial charge in [0.05, 0.1) is 11.0 Å². The highest BCUT2D eigenvalue weighted by Gasteiger charge is 2.29. The predicted molar refractivity (Wildman–Crippen MR) is 103 cm³/mol. The highest BCUT2D eigenvalue weighted by atomic mass is 35.5. The molecule has 1 unspecified atom stereocenters. The lowest BCUT2D eigenvalue weighted by Crippen LogP contribution is -2.19. The quantitative estimate of drug-likeness (QED) is 0.562. The molecule has 1 aliphatic carbocycles. The molecule has 1 aliphatic rings. The number of benzene rings is 1. The Hall–Kier alpha value is -1.94. The summed E-state index contributed by atoms with van der Waals surface area (Å²) in [5.41, 5.74) is 3.80. The number of fused-ring (bicyclic) bond motifs is 1. The number of aromatic amines is 1. The van der Waals surface area contributed by atoms with Crippen LogP contribution >= 0.6 is 11.6 Å². The molecule has 2 aromatic heterocycles. The van der Waals surface area contributed by atoms with E-state index in [1.165, 1.54) is 0 Å². The van der Waals surface area contributed by atoms with Crippen molar-refractivity contribution in [3.05, 3.63) is 58.4 Å². The van der Waals surface area contributed by atoms with Gasteiger partial charge in [0.1, 0.15) is 5.82 Å². The fourth-order valence-electron chi connectivity index (χ4n) is 4.34. The van der Waals surface area contributed by atoms with Crippen LogP contribution in [0.4, 0.5) is 4.39 Å². The predicted octanol–water partition coefficient (Wildman–Crippen LogP) is 6.14. The van der Waals surface area contributed by atoms with Gasteiger partial charge in [0.15, 0.2) is 0 Å². The first-order valence-corrected chi connectivity index (χ1v) is 9.67. The summed E-state index contributed by atoms with van der Waals surface area (Å²) in [5.74, 6) is 2.10. The summed E-state index contributed by atoms with van der Waals surface area (Å²) in [6, 6.07) is 7.75. The summed E-state index contributed by atoms with van der Waals surface area (Å²) in [6.07, 6.45) is 6.03. The third-order valence-corrected chi connectivity index (χ3v) is 6.23. The number of imidazole rings is 1. The van der Waals surface area contributed by atoms with Gasteiger partial charge in [-0.3, -0.25) is 0 Å². The molecule has 4 rings (SSSR count). The van der Waals surface area contributed by atoms with Crippen LogP contribution < -0.4 is 0 Å². The van der Waals surface area contributed by atoms with Crippen molar-refractivity contribution in [1.82, 2.24) is 15.0 Å². The molecule has 1 fully saturated rings. The fourth-order valence-corrected chi connectivity index (χ4v) is 4.51. The topological polar surface area (TPSA) is 41.6 Å². The second-order valence-corrected chi connectivity index (χ2v) is 7.94. The van der Waals surface area contributed by atoms with Crippen molar-refractivity contribution >= 4 is 22.6 Å². The Bertz CT molecular complexity index is 928. The lowest BCUT2D eigenvalue weighted by Gasteiger charge is -2.32. The van der Waals surface area contributed by atoms with E-state index in [9.17, 15) is 4.39 Å². The number of hydrogen-bond acceptors (Lipinski definition) is 2. The van der Waals surface area contributed by atoms with Gasteiger partial charge in [-0.25, -0.2) is 9.97 Å². The smallest absolute Gasteiger partial charge is 0.216 e. The van der Waals surface area contributed by atoms with E-state index < -0.39 is 0 Å². The summed E-state index contributed by atoms with van der Waals surface area (Å²) in [5, 5.41) is 0.723. The number of aromatic nitrogens is 3. The van der Waals surface area contributed by atoms with E-state index in [0.717, 1.165) is 53.1 Å². The van der Waals surface area contributed by atoms with E-state index in [1.807, 2.05) is 31.2 Å². The fraction of sp³-hybridized carbons (Fsp3) is 0.429. The van der Waals surface area contributed by atoms with Crippen LogP contribution in [0.3, 0.4) is 0 Å². The zero-order valence-corrected chi connectivity index (χ0v) is 15.9. The maximum atomic E-state index is 13.8. The van der Waals surface area contributed by atoms with Crippen LogP contribution in [0, 0.1) is 18.8 Å². The van der Waals surface area contributed by atoms with Crippen LogP contribution in [0.15, 0.2) is 30.5 Å². The van der Waals surface area contributed by atoms with Crippen molar-refractivity contribution in [2.75, 3.05) is 0 Å². The second-order valence-electron chi connectivity index (χ2n) is 7.50. The molecule has 5 heteroatoms. The first kappa shape index (κ1) is 17.5. The van der Waals surface area contributed by atoms with E-state index in [4.69, 9.17) is 16.6 Å². The van der Waals surface area contributed by atoms with Gasteiger partial charge in [-0.2, -0.15) is 4.39 Å². The second kappa shape index (κ2) is 6.99. The molecule has 1 aromatic carbocycles. The Kier molecular flexibility index (Phi) is 4.70. The van der Waals surface area contributed by atoms with Crippen LogP contribution in [-0.4, -0.2) is 15.0 Å². The minimum absolute atomic E-state index is 0.334. The van der Waals surface area contributed by atoms with Crippen LogP contribution in [0.5, 0.6) is 0 Å². The van der Waals surface area contributed by atoms with Gasteiger partial charge >= 0.3 is 0 Å². The van der Waals surface area contributed by atoms with Gasteiger partial charge in [-0.15, -0.1) is 0 Å². The number of H-pyrrole nitrogens is 1. The molecule has 3 aromatic rings. The summed E-state index contributed by atoms with van der Waals surface area (Å²) in [6.45, 7) is 4.09. The third-order valence-electron chi connectivity index (χ3n) is 6.00. The Morgan fingerprint density at radius 2 is 1.96 bits per heavy atom. The Labute approximate surface area is 158 Å². The van der Waals surface area contributed by atoms with Crippen LogP contribution in [0.25, 0.3) is 11.0 Å². The van der Waals surface area contributed by atoms with Gasteiger partial charge in [0.2, 0.25) is 5.95 Å². The first-order chi connectivity index (χ1) is 12.5. The Morgan fingerprint density at radius 3 is 2.73 bits per heavy atom. The van der Waals surface area contributed by atoms with Gasteiger partial charge in [-0.1, -0.05) is 18.5 Å². The zero-order valence-electron chi connectivity index (χ0n) is 15.1. The number of pyridine rings is 1. The van der Waals surface area contributed by atoms with E-state index in [0.29, 0.717) is 23.3 Å². The van der Waals surface area contributed by atoms with E-state index in [1.54, 1.807) is 6.20 Å². The maximum absolute atomic E-state index is 13.8. The molecule has 0 radical (unpaired) electrons. The number of nitrogens with zero attached hydrogens (tertiary/aromatic N) is 2. The monoisotopic (exact) mass is 371 g/mol. The van der Waals surface area contributed by atoms with Gasteiger partial charge in [-0.05, 0) is 74.3 Å². The number of nitrogens with one attached hydrogen (secondary N) is 1. The molecule has 0 saturated heterocycles. The lowest BCUT2D eigenvalue weighted by atomic mass is 9.73. The highest BCUT2D eigenvalue weighted by Crippen LogP contribution is 2.42. The van der Waals surface area contributed by atoms with E-state index in [-0.39, 0.29) is 5.95 Å². The molecule has 0 bridgehead atoms. The SMILES string of the molecule is Cc1c(C2CCC(C(C)c3nc4ccc(Cl)cc4[nH]3)CC2)ccnc1F. The molecule has 26 heavy (non-hydrogen) atoms. The standard InChI is InChI=1S/C21H23ClFN3/c1-12(21-25-18-8-7-16(22)11-19(18)26-21)14-3-5-15(6-4-14)17-9-10-24-20(23)13(17)2/h7-12,14-15H,3-6H2,1-2H3,(H,25,26). The zero-order chi connectivity index (χ0) is 18.3. The number of halogens is 2. The summed E-state index contributed by atoms with van der Waals surface area (Å²) in [7, 11) is 0. The van der Waals surface area contributed by atoms with E-state index in [2.05, 4.69) is 16.9 Å². The van der Waals surface area contributed by atoms with Crippen molar-refractivity contribution in [2.45, 2.75) is 51.4 Å². The van der Waals surface area contributed by atoms with Crippen molar-refractivity contribution in [1.29, 1.82) is 0 Å². The molecule has 1 N–H and O–H groups in total. The van der Waals surface area contributed by atoms with Crippen LogP contribution in [0.1, 0.15) is 61.4 Å². The van der Waals surface area contributed by atoms with Gasteiger partial charge in [0.25, 0.3) is 0 Å². The Balaban J connectivity index is 1.47. The highest BCUT2D eigenvalue weighted by molar-refractivity contribution is 6.31. The lowest BCUT2D eigenvalue weighted by molar-refractivity contribution is 0.285. The average molecular weight is 372 g/mol. The minimum Gasteiger partial charge on any atom is -0.342 e. The molecule has 1 saturated carbocycles. The Morgan fingerprint density at radius 1 is 1.19 bits per heavy atom. The molecule has 0 spiro atoms. The van der Waals surface area contributed by atoms with Gasteiger partial charge in [0, 0.05) is 22.7 Å². The summed E-state index contributed by atoms with van der Waals surface area (Å²) in [4.78, 5) is 12.0. The van der Waals surface area contributed by atoms with Crippen LogP contribution in [0.2, 0.25) is 5.02 Å². The maximum Gasteiger partial charge on any atom is 0.216 e. The van der Waals surface area contributed by atoms with Crippen molar-refractivity contribution in [2.24, 2.45) is 5.92 Å². The molecule has 136 valence electrons. The van der Waals surface area contributed by atoms with Crippen molar-refractivity contribution in [3.63, 3.8) is 0 Å². The molecule has 3 nitrogen and oxygen atoms in total. The molecule has 2 heterocycles. The van der Waals surface area contributed by atoms with Crippen molar-refractivity contribution in [3.8, 4) is 0 Å². The normalized spacial score (nSPS) is 21.8. The van der Waals surface area contributed by atoms with E-state index >= 15 is 0 Å². The number of hydrogen-bond donors (Lipinski definition) is 1. The van der Waals surface area contributed by atoms with Gasteiger partial charge < -0.3 is 4.98 Å². The molecule has 1 atom stereocenters. The molecule has 0 aliphatic heterocycles. The molecular weight excluding hydrogens is 349 g/mol. The summed E-state index contributed by atoms with van der Waals surface area (Å²) >= 11 is 6.08. The largest absolute Gasteiger partial charge is 0.342 e.